The highest BCUT2D eigenvalue weighted by molar-refractivity contribution is 9.10. The number of aromatic hydroxyl groups is 1. The van der Waals surface area contributed by atoms with Crippen LogP contribution in [0, 0.1) is 27.7 Å². The Labute approximate surface area is 818 Å². The molecule has 2 aliphatic rings. The molecule has 2 aliphatic heterocycles. The standard InChI is InChI=1S/C28H33N3O4Si.C26H31N3O3Si.C25H25N3O.C15H22N2O2Si.C13H12BrNO2.CH4.B/c1-6-34-28(32)25-18-22-17-24(11-12-26(22)30-20(25)2)35-23-9-7-21(8-10-23)27-13-14-29-31(27)19-33-15-16-36(3,4)5;1-19-22(17-30)15-21-16-24(9-10-25(21)28-19)32-23-7-5-20(6-8-23)26-11-12-27-29(26)18-31-13-14-33(2,3)4;1-18-22(17-28-12-2-3-13-28)14-21-15-24(8-9-25(21)27-18)29-23-6-4-19(5-7-23)20-10-11-26-16-20;1-20(2,3)11-10-19-12-17-15(8-9-16-17)13-4-6-14(18)7-5-13;1-3-17-13(16)11-7-9-6-10(14)4-5-12(9)15-8(11)2;;/h7-14,17-18H,6,15-16,19H2,1-5H3;5-12,15-16,30H,13-14,17-18H2,1-4H3;4-11,14-15H,2-3,12-13,16-17H2,1H3;4-9,18H,10-12H2,1-3H3;4-7H,3H2,1-2H3;1H4;. The molecule has 17 rings (SSSR count). The van der Waals surface area contributed by atoms with Crippen LogP contribution in [0.5, 0.6) is 40.2 Å². The number of hydrogen-bond acceptors (Lipinski definition) is 21. The fourth-order valence-electron chi connectivity index (χ4n) is 14.9. The lowest BCUT2D eigenvalue weighted by molar-refractivity contribution is 0.0515. The monoisotopic (exact) mass is 1960 g/mol. The SMILES string of the molecule is C.CCOC(=O)c1cc2cc(Br)ccc2nc1C.CCOC(=O)c1cc2cc(Oc3ccc(-c4ccnn4COCC[Si](C)(C)C)cc3)ccc2nc1C.C[Si](C)(C)CCOCn1nccc1-c1ccc(O)cc1.Cc1nc2ccc(Oc3ccc(-c4ccnn4COCC[Si](C)(C)C)cc3)cc2cc1CO.Cc1nc2ccc(Oc3ccc(C4=CC=NC4)cc3)cc2cc1CN1CCCC1.[B]. The summed E-state index contributed by atoms with van der Waals surface area (Å²) in [7, 11) is -3.26. The Morgan fingerprint density at radius 1 is 0.416 bits per heavy atom. The summed E-state index contributed by atoms with van der Waals surface area (Å²) in [6.07, 6.45) is 11.9. The average Bonchev–Trinajstić information content (AvgIpc) is 1.58. The molecule has 29 heteroatoms. The number of pyridine rings is 4. The van der Waals surface area contributed by atoms with Crippen molar-refractivity contribution >= 4 is 116 Å². The van der Waals surface area contributed by atoms with E-state index in [1.54, 1.807) is 50.6 Å². The molecule has 713 valence electrons. The van der Waals surface area contributed by atoms with Crippen LogP contribution in [0.2, 0.25) is 77.1 Å². The maximum Gasteiger partial charge on any atom is 0.339 e. The number of allylic oxidation sites excluding steroid dienone is 1. The number of carbonyl (C=O) groups excluding carboxylic acids is 2. The van der Waals surface area contributed by atoms with Gasteiger partial charge >= 0.3 is 11.9 Å². The van der Waals surface area contributed by atoms with Crippen molar-refractivity contribution in [3.8, 4) is 74.0 Å². The van der Waals surface area contributed by atoms with Crippen LogP contribution in [0.25, 0.3) is 83.0 Å². The molecule has 0 amide bonds. The number of esters is 2. The summed E-state index contributed by atoms with van der Waals surface area (Å²) in [5, 5.41) is 35.8. The first-order chi connectivity index (χ1) is 64.9. The summed E-state index contributed by atoms with van der Waals surface area (Å²) >= 11 is 3.40. The third-order valence-corrected chi connectivity index (χ3v) is 28.3. The van der Waals surface area contributed by atoms with Gasteiger partial charge in [0.15, 0.2) is 0 Å². The number of likely N-dealkylation sites (tertiary alicyclic amines) is 1. The molecule has 0 unspecified atom stereocenters. The summed E-state index contributed by atoms with van der Waals surface area (Å²) in [5.74, 6) is 4.11. The van der Waals surface area contributed by atoms with Gasteiger partial charge in [-0.25, -0.2) is 23.6 Å². The maximum atomic E-state index is 12.2. The van der Waals surface area contributed by atoms with Gasteiger partial charge < -0.3 is 48.1 Å². The Kier molecular flexibility index (Phi) is 38.0. The Morgan fingerprint density at radius 2 is 0.759 bits per heavy atom. The number of halogens is 1. The molecule has 0 spiro atoms. The van der Waals surface area contributed by atoms with E-state index in [0.29, 0.717) is 67.4 Å². The number of aryl methyl sites for hydroxylation is 4. The molecular formula is C108H127BBrN12O12Si3. The van der Waals surface area contributed by atoms with Crippen LogP contribution in [0.15, 0.2) is 246 Å². The summed E-state index contributed by atoms with van der Waals surface area (Å²) in [6.45, 7) is 40.8. The Morgan fingerprint density at radius 3 is 1.13 bits per heavy atom. The molecular weight excluding hydrogens is 1830 g/mol. The number of fused-ring (bicyclic) bond motifs is 4. The zero-order valence-electron chi connectivity index (χ0n) is 80.6. The third kappa shape index (κ3) is 30.8. The van der Waals surface area contributed by atoms with Crippen molar-refractivity contribution in [2.24, 2.45) is 4.99 Å². The third-order valence-electron chi connectivity index (χ3n) is 22.7. The van der Waals surface area contributed by atoms with E-state index in [4.69, 9.17) is 42.9 Å². The molecule has 8 aromatic carbocycles. The number of aliphatic hydroxyl groups excluding tert-OH is 1. The highest BCUT2D eigenvalue weighted by Gasteiger charge is 2.22. The van der Waals surface area contributed by atoms with E-state index in [9.17, 15) is 19.8 Å². The molecule has 2 N–H and O–H groups in total. The molecule has 3 radical (unpaired) electrons. The van der Waals surface area contributed by atoms with Gasteiger partial charge in [0, 0.05) is 138 Å². The van der Waals surface area contributed by atoms with E-state index in [2.05, 4.69) is 152 Å². The van der Waals surface area contributed by atoms with E-state index in [1.807, 2.05) is 211 Å². The number of phenolic OH excluding ortho intramolecular Hbond substituents is 1. The second-order valence-electron chi connectivity index (χ2n) is 37.0. The van der Waals surface area contributed by atoms with Crippen LogP contribution in [0.4, 0.5) is 0 Å². The van der Waals surface area contributed by atoms with Crippen LogP contribution in [-0.2, 0) is 57.0 Å². The fraction of sp³-hybridized carbons (Fsp3) is 0.315. The molecule has 137 heavy (non-hydrogen) atoms. The first kappa shape index (κ1) is 105. The number of carbonyl (C=O) groups is 2. The van der Waals surface area contributed by atoms with Crippen molar-refractivity contribution in [2.45, 2.75) is 172 Å². The predicted octanol–water partition coefficient (Wildman–Crippen LogP) is 25.4. The second-order valence-corrected chi connectivity index (χ2v) is 54.8. The van der Waals surface area contributed by atoms with E-state index >= 15 is 0 Å². The van der Waals surface area contributed by atoms with Crippen LogP contribution in [0.3, 0.4) is 0 Å². The number of aromatic nitrogens is 10. The van der Waals surface area contributed by atoms with E-state index in [0.717, 1.165) is 173 Å². The highest BCUT2D eigenvalue weighted by Crippen LogP contribution is 2.35. The molecule has 24 nitrogen and oxygen atoms in total. The molecule has 1 fully saturated rings. The fourth-order valence-corrected chi connectivity index (χ4v) is 17.6. The molecule has 0 aliphatic carbocycles. The number of aliphatic hydroxyl groups is 1. The molecule has 0 atom stereocenters. The summed E-state index contributed by atoms with van der Waals surface area (Å²) in [5.41, 5.74) is 18.6. The molecule has 9 heterocycles. The zero-order valence-corrected chi connectivity index (χ0v) is 85.2. The Hall–Kier alpha value is -12.4. The average molecular weight is 1960 g/mol. The summed E-state index contributed by atoms with van der Waals surface area (Å²) < 4.78 is 52.5. The van der Waals surface area contributed by atoms with Crippen LogP contribution < -0.4 is 14.2 Å². The van der Waals surface area contributed by atoms with E-state index in [1.165, 1.54) is 42.6 Å². The lowest BCUT2D eigenvalue weighted by atomic mass is 10.1. The van der Waals surface area contributed by atoms with Crippen molar-refractivity contribution in [2.75, 3.05) is 52.7 Å². The Bertz CT molecular complexity index is 6590. The number of ether oxygens (including phenoxy) is 8. The predicted molar refractivity (Wildman–Crippen MR) is 563 cm³/mol. The highest BCUT2D eigenvalue weighted by atomic mass is 79.9. The van der Waals surface area contributed by atoms with E-state index in [-0.39, 0.29) is 40.1 Å². The van der Waals surface area contributed by atoms with Gasteiger partial charge in [-0.15, -0.1) is 0 Å². The molecule has 0 saturated carbocycles. The summed E-state index contributed by atoms with van der Waals surface area (Å²) in [6, 6.07) is 71.8. The topological polar surface area (TPSA) is 269 Å². The minimum atomic E-state index is -1.12. The van der Waals surface area contributed by atoms with Gasteiger partial charge in [0.2, 0.25) is 0 Å². The van der Waals surface area contributed by atoms with Crippen LogP contribution in [0.1, 0.15) is 94.3 Å². The lowest BCUT2D eigenvalue weighted by Gasteiger charge is -2.16. The minimum absolute atomic E-state index is 0. The molecule has 0 bridgehead atoms. The number of benzene rings is 8. The van der Waals surface area contributed by atoms with E-state index < -0.39 is 24.2 Å². The summed E-state index contributed by atoms with van der Waals surface area (Å²) in [4.78, 5) is 49.0. The van der Waals surface area contributed by atoms with Crippen molar-refractivity contribution in [3.05, 3.63) is 292 Å². The second kappa shape index (κ2) is 49.5. The number of hydrogen-bond donors (Lipinski definition) is 2. The zero-order chi connectivity index (χ0) is 95.8. The molecule has 7 aromatic heterocycles. The van der Waals surface area contributed by atoms with Crippen molar-refractivity contribution in [3.63, 3.8) is 0 Å². The van der Waals surface area contributed by atoms with Gasteiger partial charge in [-0.05, 0) is 314 Å². The first-order valence-corrected chi connectivity index (χ1v) is 57.9. The van der Waals surface area contributed by atoms with Gasteiger partial charge in [0.25, 0.3) is 0 Å². The van der Waals surface area contributed by atoms with Crippen LogP contribution >= 0.6 is 15.9 Å². The number of nitrogens with zero attached hydrogens (tertiary/aromatic N) is 12. The minimum Gasteiger partial charge on any atom is -0.508 e. The smallest absolute Gasteiger partial charge is 0.339 e. The number of aliphatic imine (C=N–C) groups is 1. The van der Waals surface area contributed by atoms with Gasteiger partial charge in [-0.2, -0.15) is 15.3 Å². The Balaban J connectivity index is 0.000000167. The number of phenols is 1. The number of rotatable bonds is 32. The first-order valence-electron chi connectivity index (χ1n) is 46.0. The van der Waals surface area contributed by atoms with Crippen molar-refractivity contribution < 1.29 is 57.7 Å². The van der Waals surface area contributed by atoms with Gasteiger partial charge in [0.1, 0.15) is 60.4 Å². The quantitative estimate of drug-likeness (QED) is 0.0225. The van der Waals surface area contributed by atoms with Gasteiger partial charge in [-0.1, -0.05) is 94.4 Å². The maximum absolute atomic E-state index is 12.2. The molecule has 1 saturated heterocycles. The van der Waals surface area contributed by atoms with Gasteiger partial charge in [-0.3, -0.25) is 29.8 Å². The molecule has 15 aromatic rings. The normalized spacial score (nSPS) is 12.4. The lowest BCUT2D eigenvalue weighted by Crippen LogP contribution is -2.22. The van der Waals surface area contributed by atoms with Gasteiger partial charge in [0.05, 0.1) is 88.0 Å². The largest absolute Gasteiger partial charge is 0.508 e. The van der Waals surface area contributed by atoms with Crippen molar-refractivity contribution in [1.29, 1.82) is 0 Å². The van der Waals surface area contributed by atoms with Crippen LogP contribution in [-0.4, -0.2) is 168 Å². The van der Waals surface area contributed by atoms with Crippen molar-refractivity contribution in [1.82, 2.24) is 54.2 Å².